The molecule has 1 aromatic heterocycles. The zero-order valence-electron chi connectivity index (χ0n) is 12.5. The average molecular weight is 327 g/mol. The van der Waals surface area contributed by atoms with Crippen LogP contribution in [0.2, 0.25) is 0 Å². The Bertz CT molecular complexity index is 662. The van der Waals surface area contributed by atoms with Gasteiger partial charge in [-0.3, -0.25) is 0 Å². The first kappa shape index (κ1) is 15.2. The summed E-state index contributed by atoms with van der Waals surface area (Å²) in [5, 5.41) is 0. The lowest BCUT2D eigenvalue weighted by molar-refractivity contribution is 0.505. The molecule has 0 radical (unpaired) electrons. The van der Waals surface area contributed by atoms with E-state index in [0.717, 1.165) is 17.9 Å². The average Bonchev–Trinajstić information content (AvgIpc) is 3.07. The molecule has 114 valence electrons. The summed E-state index contributed by atoms with van der Waals surface area (Å²) < 4.78 is 16.2. The maximum Gasteiger partial charge on any atom is 0.128 e. The second kappa shape index (κ2) is 5.81. The lowest BCUT2D eigenvalue weighted by Gasteiger charge is -2.28. The topological polar surface area (TPSA) is 17.8 Å². The van der Waals surface area contributed by atoms with Crippen molar-refractivity contribution in [1.82, 2.24) is 9.55 Å². The molecular weight excluding hydrogens is 307 g/mol. The van der Waals surface area contributed by atoms with E-state index in [9.17, 15) is 4.39 Å². The monoisotopic (exact) mass is 326 g/mol. The van der Waals surface area contributed by atoms with Gasteiger partial charge in [0.15, 0.2) is 0 Å². The Morgan fingerprint density at radius 2 is 2.10 bits per heavy atom. The van der Waals surface area contributed by atoms with Gasteiger partial charge in [0.25, 0.3) is 0 Å². The van der Waals surface area contributed by atoms with Crippen molar-refractivity contribution < 1.29 is 4.39 Å². The number of aromatic nitrogens is 2. The number of benzene rings is 1. The molecule has 2 aromatic rings. The second-order valence-corrected chi connectivity index (χ2v) is 7.47. The number of rotatable bonds is 4. The van der Waals surface area contributed by atoms with E-state index < -0.39 is 0 Å². The Morgan fingerprint density at radius 3 is 2.71 bits per heavy atom. The number of alkyl halides is 1. The Morgan fingerprint density at radius 1 is 1.38 bits per heavy atom. The Labute approximate surface area is 134 Å². The van der Waals surface area contributed by atoms with E-state index >= 15 is 0 Å². The predicted molar refractivity (Wildman–Crippen MR) is 88.7 cm³/mol. The summed E-state index contributed by atoms with van der Waals surface area (Å²) in [4.78, 5) is 4.52. The minimum atomic E-state index is -0.200. The molecule has 0 unspecified atom stereocenters. The van der Waals surface area contributed by atoms with Crippen LogP contribution in [-0.4, -0.2) is 20.6 Å². The number of imidazole rings is 1. The zero-order valence-corrected chi connectivity index (χ0v) is 14.0. The molecule has 1 aliphatic carbocycles. The van der Waals surface area contributed by atoms with E-state index in [0.29, 0.717) is 17.0 Å². The SMILES string of the molecule is CSC1(Cn2c(CCl)nc3cc(F)c(C)cc32)CCCC1. The van der Waals surface area contributed by atoms with E-state index in [1.54, 1.807) is 6.92 Å². The van der Waals surface area contributed by atoms with Gasteiger partial charge in [-0.05, 0) is 37.7 Å². The van der Waals surface area contributed by atoms with Crippen LogP contribution in [0.1, 0.15) is 37.1 Å². The predicted octanol–water partition coefficient (Wildman–Crippen LogP) is 4.90. The number of hydrogen-bond acceptors (Lipinski definition) is 2. The standard InChI is InChI=1S/C16H20ClFN2S/c1-11-7-14-13(8-12(11)18)19-15(9-17)20(14)10-16(21-2)5-3-4-6-16/h7-8H,3-6,9-10H2,1-2H3. The van der Waals surface area contributed by atoms with Crippen LogP contribution >= 0.6 is 23.4 Å². The van der Waals surface area contributed by atoms with Gasteiger partial charge in [0.05, 0.1) is 16.9 Å². The molecule has 1 heterocycles. The van der Waals surface area contributed by atoms with Crippen molar-refractivity contribution in [3.63, 3.8) is 0 Å². The molecule has 0 bridgehead atoms. The molecule has 1 saturated carbocycles. The maximum atomic E-state index is 13.8. The van der Waals surface area contributed by atoms with Crippen LogP contribution in [0.5, 0.6) is 0 Å². The van der Waals surface area contributed by atoms with Crippen LogP contribution in [0.3, 0.4) is 0 Å². The Hall–Kier alpha value is -0.740. The van der Waals surface area contributed by atoms with E-state index in [2.05, 4.69) is 15.8 Å². The van der Waals surface area contributed by atoms with Crippen LogP contribution in [0.15, 0.2) is 12.1 Å². The third-order valence-corrected chi connectivity index (χ3v) is 6.26. The highest BCUT2D eigenvalue weighted by Crippen LogP contribution is 2.42. The molecule has 1 aliphatic rings. The van der Waals surface area contributed by atoms with Gasteiger partial charge in [-0.2, -0.15) is 11.8 Å². The molecule has 0 saturated heterocycles. The van der Waals surface area contributed by atoms with Crippen molar-refractivity contribution >= 4 is 34.4 Å². The molecule has 0 atom stereocenters. The lowest BCUT2D eigenvalue weighted by Crippen LogP contribution is -2.27. The third kappa shape index (κ3) is 2.68. The van der Waals surface area contributed by atoms with Crippen LogP contribution in [0, 0.1) is 12.7 Å². The molecule has 2 nitrogen and oxygen atoms in total. The molecule has 1 aromatic carbocycles. The number of hydrogen-bond donors (Lipinski definition) is 0. The van der Waals surface area contributed by atoms with Crippen molar-refractivity contribution in [2.24, 2.45) is 0 Å². The molecule has 3 rings (SSSR count). The largest absolute Gasteiger partial charge is 0.326 e. The summed E-state index contributed by atoms with van der Waals surface area (Å²) in [6.45, 7) is 2.71. The maximum absolute atomic E-state index is 13.8. The van der Waals surface area contributed by atoms with E-state index in [4.69, 9.17) is 11.6 Å². The van der Waals surface area contributed by atoms with E-state index in [1.807, 2.05) is 17.8 Å². The number of thioether (sulfide) groups is 1. The molecule has 21 heavy (non-hydrogen) atoms. The van der Waals surface area contributed by atoms with Gasteiger partial charge in [0.2, 0.25) is 0 Å². The van der Waals surface area contributed by atoms with Crippen LogP contribution in [-0.2, 0) is 12.4 Å². The first-order valence-electron chi connectivity index (χ1n) is 7.35. The highest BCUT2D eigenvalue weighted by Gasteiger charge is 2.34. The van der Waals surface area contributed by atoms with Gasteiger partial charge in [0.1, 0.15) is 11.6 Å². The smallest absolute Gasteiger partial charge is 0.128 e. The van der Waals surface area contributed by atoms with E-state index in [-0.39, 0.29) is 10.6 Å². The summed E-state index contributed by atoms with van der Waals surface area (Å²) >= 11 is 8.02. The van der Waals surface area contributed by atoms with Crippen molar-refractivity contribution in [2.45, 2.75) is 49.8 Å². The van der Waals surface area contributed by atoms with Gasteiger partial charge < -0.3 is 4.57 Å². The van der Waals surface area contributed by atoms with Crippen LogP contribution in [0.4, 0.5) is 4.39 Å². The summed E-state index contributed by atoms with van der Waals surface area (Å²) in [7, 11) is 0. The van der Waals surface area contributed by atoms with Gasteiger partial charge in [-0.15, -0.1) is 11.6 Å². The number of fused-ring (bicyclic) bond motifs is 1. The molecule has 0 aliphatic heterocycles. The van der Waals surface area contributed by atoms with Crippen molar-refractivity contribution in [1.29, 1.82) is 0 Å². The number of aryl methyl sites for hydroxylation is 1. The molecule has 1 fully saturated rings. The second-order valence-electron chi connectivity index (χ2n) is 5.93. The summed E-state index contributed by atoms with van der Waals surface area (Å²) in [5.74, 6) is 1.01. The minimum Gasteiger partial charge on any atom is -0.326 e. The van der Waals surface area contributed by atoms with Gasteiger partial charge in [0, 0.05) is 17.4 Å². The highest BCUT2D eigenvalue weighted by atomic mass is 35.5. The van der Waals surface area contributed by atoms with Crippen LogP contribution < -0.4 is 0 Å². The fraction of sp³-hybridized carbons (Fsp3) is 0.562. The van der Waals surface area contributed by atoms with Crippen molar-refractivity contribution in [3.8, 4) is 0 Å². The highest BCUT2D eigenvalue weighted by molar-refractivity contribution is 8.00. The molecule has 0 N–H and O–H groups in total. The first-order valence-corrected chi connectivity index (χ1v) is 9.11. The van der Waals surface area contributed by atoms with Gasteiger partial charge >= 0.3 is 0 Å². The lowest BCUT2D eigenvalue weighted by atomic mass is 10.1. The summed E-state index contributed by atoms with van der Waals surface area (Å²) in [6, 6.07) is 3.42. The quantitative estimate of drug-likeness (QED) is 0.744. The first-order chi connectivity index (χ1) is 10.1. The normalized spacial score (nSPS) is 17.7. The van der Waals surface area contributed by atoms with E-state index in [1.165, 1.54) is 31.7 Å². The van der Waals surface area contributed by atoms with Gasteiger partial charge in [-0.1, -0.05) is 12.8 Å². The molecule has 0 amide bonds. The molecular formula is C16H20ClFN2S. The zero-order chi connectivity index (χ0) is 15.0. The third-order valence-electron chi connectivity index (χ3n) is 4.62. The number of nitrogens with zero attached hydrogens (tertiary/aromatic N) is 2. The fourth-order valence-corrected chi connectivity index (χ4v) is 4.47. The van der Waals surface area contributed by atoms with Crippen molar-refractivity contribution in [3.05, 3.63) is 29.3 Å². The molecule has 5 heteroatoms. The van der Waals surface area contributed by atoms with Gasteiger partial charge in [-0.25, -0.2) is 9.37 Å². The summed E-state index contributed by atoms with van der Waals surface area (Å²) in [5.41, 5.74) is 2.38. The fourth-order valence-electron chi connectivity index (χ4n) is 3.31. The number of halogens is 2. The Balaban J connectivity index is 2.09. The molecule has 0 spiro atoms. The van der Waals surface area contributed by atoms with Crippen LogP contribution in [0.25, 0.3) is 11.0 Å². The minimum absolute atomic E-state index is 0.200. The summed E-state index contributed by atoms with van der Waals surface area (Å²) in [6.07, 6.45) is 7.23. The van der Waals surface area contributed by atoms with Crippen molar-refractivity contribution in [2.75, 3.05) is 6.26 Å². The Kier molecular flexibility index (Phi) is 4.19.